The second-order valence-corrected chi connectivity index (χ2v) is 4.81. The van der Waals surface area contributed by atoms with Gasteiger partial charge in [0.25, 0.3) is 0 Å². The van der Waals surface area contributed by atoms with E-state index in [0.717, 1.165) is 19.3 Å². The van der Waals surface area contributed by atoms with Crippen molar-refractivity contribution in [1.82, 2.24) is 0 Å². The van der Waals surface area contributed by atoms with E-state index >= 15 is 0 Å². The number of aliphatic hydroxyl groups is 2. The Morgan fingerprint density at radius 1 is 1.35 bits per heavy atom. The standard InChI is InChI=1S/C14H22O6/c1-3-4-5-6-19-11-7-10(8-20-9(2)15)12(16)14(18)13(11)17/h7,11,13-14,17-18H,3-6,8H2,1-2H3/t11-,13-,14-/m0/s1. The van der Waals surface area contributed by atoms with Gasteiger partial charge in [-0.1, -0.05) is 19.8 Å². The highest BCUT2D eigenvalue weighted by Gasteiger charge is 2.37. The highest BCUT2D eigenvalue weighted by atomic mass is 16.5. The lowest BCUT2D eigenvalue weighted by Gasteiger charge is -2.29. The van der Waals surface area contributed by atoms with E-state index in [2.05, 4.69) is 6.92 Å². The fraction of sp³-hybridized carbons (Fsp3) is 0.714. The predicted octanol–water partition coefficient (Wildman–Crippen LogP) is 0.356. The Balaban J connectivity index is 2.65. The third-order valence-corrected chi connectivity index (χ3v) is 3.10. The molecule has 0 heterocycles. The Morgan fingerprint density at radius 2 is 2.05 bits per heavy atom. The van der Waals surface area contributed by atoms with Crippen molar-refractivity contribution in [3.63, 3.8) is 0 Å². The maximum atomic E-state index is 11.7. The summed E-state index contributed by atoms with van der Waals surface area (Å²) in [6.45, 7) is 3.52. The van der Waals surface area contributed by atoms with E-state index in [1.165, 1.54) is 13.0 Å². The molecule has 0 aliphatic heterocycles. The number of carbonyl (C=O) groups is 2. The Bertz CT molecular complexity index is 376. The third kappa shape index (κ3) is 4.70. The van der Waals surface area contributed by atoms with Crippen molar-refractivity contribution in [3.05, 3.63) is 11.6 Å². The molecule has 0 aromatic rings. The summed E-state index contributed by atoms with van der Waals surface area (Å²) >= 11 is 0. The summed E-state index contributed by atoms with van der Waals surface area (Å²) in [6, 6.07) is 0. The number of hydrogen-bond donors (Lipinski definition) is 2. The maximum Gasteiger partial charge on any atom is 0.302 e. The first-order chi connectivity index (χ1) is 9.47. The van der Waals surface area contributed by atoms with Crippen LogP contribution in [0.3, 0.4) is 0 Å². The molecule has 3 atom stereocenters. The quantitative estimate of drug-likeness (QED) is 0.518. The molecular weight excluding hydrogens is 264 g/mol. The zero-order chi connectivity index (χ0) is 15.1. The minimum Gasteiger partial charge on any atom is -0.461 e. The summed E-state index contributed by atoms with van der Waals surface area (Å²) in [5, 5.41) is 19.5. The zero-order valence-corrected chi connectivity index (χ0v) is 11.9. The van der Waals surface area contributed by atoms with E-state index in [-0.39, 0.29) is 12.2 Å². The van der Waals surface area contributed by atoms with Gasteiger partial charge in [-0.2, -0.15) is 0 Å². The van der Waals surface area contributed by atoms with Crippen LogP contribution >= 0.6 is 0 Å². The SMILES string of the molecule is CCCCCO[C@H]1C=C(COC(C)=O)C(=O)[C@H](O)[C@H]1O. The van der Waals surface area contributed by atoms with Crippen molar-refractivity contribution in [2.24, 2.45) is 0 Å². The summed E-state index contributed by atoms with van der Waals surface area (Å²) in [7, 11) is 0. The van der Waals surface area contributed by atoms with Gasteiger partial charge in [-0.25, -0.2) is 0 Å². The number of esters is 1. The van der Waals surface area contributed by atoms with Crippen LogP contribution in [0.25, 0.3) is 0 Å². The molecule has 6 heteroatoms. The van der Waals surface area contributed by atoms with Gasteiger partial charge in [-0.3, -0.25) is 9.59 Å². The molecule has 2 N–H and O–H groups in total. The molecule has 0 aromatic carbocycles. The summed E-state index contributed by atoms with van der Waals surface area (Å²) < 4.78 is 10.2. The lowest BCUT2D eigenvalue weighted by molar-refractivity contribution is -0.143. The summed E-state index contributed by atoms with van der Waals surface area (Å²) in [6.07, 6.45) is 0.738. The summed E-state index contributed by atoms with van der Waals surface area (Å²) in [5.74, 6) is -1.15. The Hall–Kier alpha value is -1.24. The van der Waals surface area contributed by atoms with Crippen molar-refractivity contribution in [2.75, 3.05) is 13.2 Å². The molecule has 1 rings (SSSR count). The van der Waals surface area contributed by atoms with E-state index in [1.807, 2.05) is 0 Å². The Labute approximate surface area is 118 Å². The van der Waals surface area contributed by atoms with Crippen LogP contribution in [-0.2, 0) is 19.1 Å². The fourth-order valence-corrected chi connectivity index (χ4v) is 1.92. The molecule has 0 spiro atoms. The molecule has 0 saturated carbocycles. The lowest BCUT2D eigenvalue weighted by atomic mass is 9.91. The molecule has 6 nitrogen and oxygen atoms in total. The van der Waals surface area contributed by atoms with Gasteiger partial charge in [-0.15, -0.1) is 0 Å². The number of hydrogen-bond acceptors (Lipinski definition) is 6. The molecule has 0 radical (unpaired) electrons. The average Bonchev–Trinajstić information content (AvgIpc) is 2.41. The van der Waals surface area contributed by atoms with Gasteiger partial charge in [0.1, 0.15) is 24.9 Å². The van der Waals surface area contributed by atoms with Crippen LogP contribution in [0.15, 0.2) is 11.6 Å². The van der Waals surface area contributed by atoms with E-state index < -0.39 is 30.1 Å². The minimum atomic E-state index is -1.54. The number of carbonyl (C=O) groups excluding carboxylic acids is 2. The van der Waals surface area contributed by atoms with E-state index in [0.29, 0.717) is 6.61 Å². The molecule has 0 unspecified atom stereocenters. The van der Waals surface area contributed by atoms with Crippen molar-refractivity contribution >= 4 is 11.8 Å². The van der Waals surface area contributed by atoms with Gasteiger partial charge in [0.05, 0.1) is 0 Å². The first-order valence-electron chi connectivity index (χ1n) is 6.83. The maximum absolute atomic E-state index is 11.7. The smallest absolute Gasteiger partial charge is 0.302 e. The van der Waals surface area contributed by atoms with Gasteiger partial charge < -0.3 is 19.7 Å². The molecule has 0 fully saturated rings. The summed E-state index contributed by atoms with van der Waals surface area (Å²) in [4.78, 5) is 22.5. The highest BCUT2D eigenvalue weighted by Crippen LogP contribution is 2.19. The Kier molecular flexibility index (Phi) is 6.84. The molecule has 1 aliphatic carbocycles. The van der Waals surface area contributed by atoms with Crippen LogP contribution < -0.4 is 0 Å². The highest BCUT2D eigenvalue weighted by molar-refractivity contribution is 6.00. The van der Waals surface area contributed by atoms with Gasteiger partial charge in [0.15, 0.2) is 5.78 Å². The van der Waals surface area contributed by atoms with E-state index in [4.69, 9.17) is 9.47 Å². The topological polar surface area (TPSA) is 93.1 Å². The van der Waals surface area contributed by atoms with Crippen molar-refractivity contribution in [3.8, 4) is 0 Å². The predicted molar refractivity (Wildman–Crippen MR) is 71.0 cm³/mol. The number of ether oxygens (including phenoxy) is 2. The first-order valence-corrected chi connectivity index (χ1v) is 6.83. The van der Waals surface area contributed by atoms with Crippen LogP contribution in [0.5, 0.6) is 0 Å². The number of rotatable bonds is 7. The lowest BCUT2D eigenvalue weighted by Crippen LogP contribution is -2.47. The third-order valence-electron chi connectivity index (χ3n) is 3.10. The van der Waals surface area contributed by atoms with Crippen molar-refractivity contribution in [1.29, 1.82) is 0 Å². The monoisotopic (exact) mass is 286 g/mol. The van der Waals surface area contributed by atoms with Crippen LogP contribution in [0.4, 0.5) is 0 Å². The molecule has 0 aromatic heterocycles. The van der Waals surface area contributed by atoms with Crippen molar-refractivity contribution < 1.29 is 29.3 Å². The Morgan fingerprint density at radius 3 is 2.65 bits per heavy atom. The molecule has 0 bridgehead atoms. The van der Waals surface area contributed by atoms with Crippen molar-refractivity contribution in [2.45, 2.75) is 51.4 Å². The first kappa shape index (κ1) is 16.8. The van der Waals surface area contributed by atoms with E-state index in [9.17, 15) is 19.8 Å². The van der Waals surface area contributed by atoms with Crippen LogP contribution in [-0.4, -0.2) is 53.5 Å². The average molecular weight is 286 g/mol. The second kappa shape index (κ2) is 8.14. The van der Waals surface area contributed by atoms with Crippen LogP contribution in [0, 0.1) is 0 Å². The zero-order valence-electron chi connectivity index (χ0n) is 11.9. The molecule has 20 heavy (non-hydrogen) atoms. The molecule has 114 valence electrons. The number of aliphatic hydroxyl groups excluding tert-OH is 2. The van der Waals surface area contributed by atoms with Gasteiger partial charge in [-0.05, 0) is 12.5 Å². The molecule has 0 saturated heterocycles. The van der Waals surface area contributed by atoms with Crippen LogP contribution in [0.2, 0.25) is 0 Å². The van der Waals surface area contributed by atoms with Crippen LogP contribution in [0.1, 0.15) is 33.1 Å². The summed E-state index contributed by atoms with van der Waals surface area (Å²) in [5.41, 5.74) is 0.151. The van der Waals surface area contributed by atoms with Gasteiger partial charge >= 0.3 is 5.97 Å². The van der Waals surface area contributed by atoms with Gasteiger partial charge in [0, 0.05) is 19.1 Å². The molecule has 1 aliphatic rings. The fourth-order valence-electron chi connectivity index (χ4n) is 1.92. The molecular formula is C14H22O6. The normalized spacial score (nSPS) is 26.3. The van der Waals surface area contributed by atoms with Gasteiger partial charge in [0.2, 0.25) is 0 Å². The number of unbranched alkanes of at least 4 members (excludes halogenated alkanes) is 2. The minimum absolute atomic E-state index is 0.151. The number of Topliss-reactive ketones (excluding diaryl/α,β-unsaturated/α-hetero) is 1. The molecule has 0 amide bonds. The largest absolute Gasteiger partial charge is 0.461 e. The second-order valence-electron chi connectivity index (χ2n) is 4.81. The number of ketones is 1. The van der Waals surface area contributed by atoms with E-state index in [1.54, 1.807) is 0 Å².